The van der Waals surface area contributed by atoms with Crippen molar-refractivity contribution in [3.63, 3.8) is 0 Å². The molecule has 0 spiro atoms. The lowest BCUT2D eigenvalue weighted by Gasteiger charge is -2.48. The van der Waals surface area contributed by atoms with Crippen LogP contribution < -0.4 is 10.6 Å². The molecule has 3 fully saturated rings. The van der Waals surface area contributed by atoms with E-state index in [1.165, 1.54) is 48.7 Å². The van der Waals surface area contributed by atoms with E-state index in [4.69, 9.17) is 42.6 Å². The van der Waals surface area contributed by atoms with Gasteiger partial charge >= 0.3 is 0 Å². The van der Waals surface area contributed by atoms with Gasteiger partial charge in [-0.15, -0.1) is 0 Å². The van der Waals surface area contributed by atoms with E-state index in [0.29, 0.717) is 0 Å². The maximum atomic E-state index is 12.6. The molecule has 346 valence electrons. The van der Waals surface area contributed by atoms with Crippen LogP contribution in [-0.2, 0) is 52.2 Å². The lowest BCUT2D eigenvalue weighted by Crippen LogP contribution is -2.67. The highest BCUT2D eigenvalue weighted by Gasteiger charge is 2.53. The average Bonchev–Trinajstić information content (AvgIpc) is 3.14. The molecule has 22 heteroatoms. The van der Waals surface area contributed by atoms with Crippen molar-refractivity contribution in [3.8, 4) is 0 Å². The number of methoxy groups -OCH3 is 1. The van der Waals surface area contributed by atoms with Gasteiger partial charge in [-0.05, 0) is 55.4 Å². The molecule has 0 saturated carbocycles. The van der Waals surface area contributed by atoms with Crippen molar-refractivity contribution in [2.75, 3.05) is 20.3 Å². The Labute approximate surface area is 343 Å². The summed E-state index contributed by atoms with van der Waals surface area (Å²) in [5.74, 6) is -1.01. The zero-order valence-corrected chi connectivity index (χ0v) is 35.3. The first-order valence-electron chi connectivity index (χ1n) is 19.8. The van der Waals surface area contributed by atoms with Gasteiger partial charge in [0.2, 0.25) is 11.8 Å². The molecule has 0 aliphatic carbocycles. The minimum absolute atomic E-state index is 0.257. The topological polar surface area (TPSA) is 323 Å². The Morgan fingerprint density at radius 3 is 1.80 bits per heavy atom. The molecule has 20 atom stereocenters. The lowest BCUT2D eigenvalue weighted by molar-refractivity contribution is -0.379. The number of ether oxygens (including phenoxy) is 9. The molecule has 59 heavy (non-hydrogen) atoms. The summed E-state index contributed by atoms with van der Waals surface area (Å²) in [7, 11) is 1.26. The van der Waals surface area contributed by atoms with Crippen LogP contribution in [-0.4, -0.2) is 213 Å². The monoisotopic (exact) mass is 860 g/mol. The predicted octanol–water partition coefficient (Wildman–Crippen LogP) is -4.15. The van der Waals surface area contributed by atoms with E-state index < -0.39 is 153 Å². The van der Waals surface area contributed by atoms with Crippen molar-refractivity contribution in [3.05, 3.63) is 0 Å². The minimum atomic E-state index is -1.80. The van der Waals surface area contributed by atoms with E-state index >= 15 is 0 Å². The van der Waals surface area contributed by atoms with E-state index in [1.807, 2.05) is 0 Å². The average molecular weight is 861 g/mol. The largest absolute Gasteiger partial charge is 0.394 e. The van der Waals surface area contributed by atoms with Crippen LogP contribution in [0.15, 0.2) is 0 Å². The fraction of sp³-hybridized carbons (Fsp3) is 0.946. The van der Waals surface area contributed by atoms with Gasteiger partial charge in [-0.1, -0.05) is 0 Å². The maximum absolute atomic E-state index is 12.6. The Hall–Kier alpha value is -1.78. The summed E-state index contributed by atoms with van der Waals surface area (Å²) < 4.78 is 52.9. The van der Waals surface area contributed by atoms with Gasteiger partial charge in [0, 0.05) is 20.6 Å². The standard InChI is InChI=1S/C37H68N2O20/c1-14(2)52-33(57-21(12-38-19(7)41)26(46)20(42)13-40)18(6)56-34-28(48)30(24(44)16(4)54-34)58-35-29(49)31(25(45)17(5)55-35)59-36-32(51-10)27(47)23(15(3)53-36)39-22(43)11-37(8,9)50/h14-18,20-21,23-36,40,42,44-50H,11-13H2,1-10H3,(H,38,41)(H,39,43)/t15?,16?,17?,18-,20?,21+,23+,24-,25-,26-,27-,28?,29?,30-,31-,32?,33-,34-,35-,36-/m0/s1. The number of nitrogens with one attached hydrogen (secondary N) is 2. The summed E-state index contributed by atoms with van der Waals surface area (Å²) >= 11 is 0. The molecule has 0 bridgehead atoms. The molecule has 3 aliphatic rings. The van der Waals surface area contributed by atoms with Crippen LogP contribution in [0.25, 0.3) is 0 Å². The number of aliphatic hydroxyl groups excluding tert-OH is 8. The number of rotatable bonds is 20. The number of carbonyl (C=O) groups excluding carboxylic acids is 2. The summed E-state index contributed by atoms with van der Waals surface area (Å²) in [6, 6.07) is -0.986. The van der Waals surface area contributed by atoms with E-state index in [9.17, 15) is 55.5 Å². The first-order chi connectivity index (χ1) is 27.4. The van der Waals surface area contributed by atoms with Crippen LogP contribution >= 0.6 is 0 Å². The van der Waals surface area contributed by atoms with Crippen molar-refractivity contribution in [1.82, 2.24) is 10.6 Å². The van der Waals surface area contributed by atoms with Gasteiger partial charge in [-0.2, -0.15) is 0 Å². The fourth-order valence-corrected chi connectivity index (χ4v) is 6.88. The van der Waals surface area contributed by atoms with Crippen LogP contribution in [0.4, 0.5) is 0 Å². The smallest absolute Gasteiger partial charge is 0.223 e. The molecule has 3 heterocycles. The minimum Gasteiger partial charge on any atom is -0.394 e. The molecule has 7 unspecified atom stereocenters. The Morgan fingerprint density at radius 2 is 1.29 bits per heavy atom. The summed E-state index contributed by atoms with van der Waals surface area (Å²) in [6.07, 6.45) is -27.7. The van der Waals surface area contributed by atoms with Gasteiger partial charge in [0.15, 0.2) is 25.2 Å². The second kappa shape index (κ2) is 22.5. The quantitative estimate of drug-likeness (QED) is 0.0518. The van der Waals surface area contributed by atoms with Crippen molar-refractivity contribution in [1.29, 1.82) is 0 Å². The number of carbonyl (C=O) groups is 2. The number of aliphatic hydroxyl groups is 9. The second-order valence-corrected chi connectivity index (χ2v) is 16.3. The predicted molar refractivity (Wildman–Crippen MR) is 200 cm³/mol. The highest BCUT2D eigenvalue weighted by atomic mass is 16.8. The molecular formula is C37H68N2O20. The summed E-state index contributed by atoms with van der Waals surface area (Å²) in [6.45, 7) is 12.4. The second-order valence-electron chi connectivity index (χ2n) is 16.3. The molecule has 0 radical (unpaired) electrons. The van der Waals surface area contributed by atoms with E-state index in [0.717, 1.165) is 0 Å². The van der Waals surface area contributed by atoms with E-state index in [2.05, 4.69) is 10.6 Å². The number of amides is 2. The van der Waals surface area contributed by atoms with Gasteiger partial charge in [-0.25, -0.2) is 0 Å². The molecule has 2 amide bonds. The maximum Gasteiger partial charge on any atom is 0.223 e. The highest BCUT2D eigenvalue weighted by molar-refractivity contribution is 5.77. The van der Waals surface area contributed by atoms with Crippen molar-refractivity contribution in [2.45, 2.75) is 203 Å². The highest BCUT2D eigenvalue weighted by Crippen LogP contribution is 2.34. The summed E-state index contributed by atoms with van der Waals surface area (Å²) in [5.41, 5.74) is -1.31. The van der Waals surface area contributed by atoms with Gasteiger partial charge in [-0.3, -0.25) is 9.59 Å². The van der Waals surface area contributed by atoms with E-state index in [1.54, 1.807) is 20.8 Å². The van der Waals surface area contributed by atoms with Gasteiger partial charge in [0.1, 0.15) is 73.2 Å². The van der Waals surface area contributed by atoms with Gasteiger partial charge < -0.3 is 99.2 Å². The molecule has 0 aromatic heterocycles. The number of hydrogen-bond acceptors (Lipinski definition) is 20. The van der Waals surface area contributed by atoms with Crippen LogP contribution in [0.1, 0.15) is 68.7 Å². The Balaban J connectivity index is 1.77. The third kappa shape index (κ3) is 14.1. The molecule has 22 nitrogen and oxygen atoms in total. The zero-order valence-electron chi connectivity index (χ0n) is 35.3. The summed E-state index contributed by atoms with van der Waals surface area (Å²) in [4.78, 5) is 24.2. The molecule has 3 aliphatic heterocycles. The molecule has 3 rings (SSSR count). The third-order valence-electron chi connectivity index (χ3n) is 10.1. The molecule has 0 aromatic rings. The molecular weight excluding hydrogens is 792 g/mol. The van der Waals surface area contributed by atoms with E-state index in [-0.39, 0.29) is 13.0 Å². The lowest BCUT2D eigenvalue weighted by atomic mass is 9.94. The first-order valence-corrected chi connectivity index (χ1v) is 19.8. The Kier molecular flexibility index (Phi) is 19.7. The van der Waals surface area contributed by atoms with Crippen molar-refractivity contribution >= 4 is 11.8 Å². The summed E-state index contributed by atoms with van der Waals surface area (Å²) in [5, 5.41) is 102. The first kappa shape index (κ1) is 51.6. The van der Waals surface area contributed by atoms with Gasteiger partial charge in [0.25, 0.3) is 0 Å². The molecule has 3 saturated heterocycles. The van der Waals surface area contributed by atoms with Crippen LogP contribution in [0.3, 0.4) is 0 Å². The SMILES string of the molecule is COC1[C@H](O[C@@H]2C(O)[C@H](O[C@@H]3C(O)[C@H](O[C@@H](C)[C@@H](OC(C)C)O[C@H](CNC(C)=O)[C@@H](O)C(O)CO)OC(C)[C@@H]3O)OC(C)[C@@H]2O)OC(C)[C@@H](NC(=O)CC(C)(C)O)[C@@H]1O. The zero-order chi connectivity index (χ0) is 44.7. The molecule has 11 N–H and O–H groups in total. The fourth-order valence-electron chi connectivity index (χ4n) is 6.88. The van der Waals surface area contributed by atoms with Crippen molar-refractivity contribution < 1.29 is 98.2 Å². The van der Waals surface area contributed by atoms with Crippen molar-refractivity contribution in [2.24, 2.45) is 0 Å². The van der Waals surface area contributed by atoms with Gasteiger partial charge in [0.05, 0.1) is 49.1 Å². The Morgan fingerprint density at radius 1 is 0.763 bits per heavy atom. The normalized spacial score (nSPS) is 38.3. The molecule has 0 aromatic carbocycles. The third-order valence-corrected chi connectivity index (χ3v) is 10.1. The Bertz CT molecular complexity index is 1290. The number of hydrogen-bond donors (Lipinski definition) is 11. The van der Waals surface area contributed by atoms with Crippen LogP contribution in [0, 0.1) is 0 Å². The van der Waals surface area contributed by atoms with Crippen LogP contribution in [0.5, 0.6) is 0 Å². The van der Waals surface area contributed by atoms with Crippen LogP contribution in [0.2, 0.25) is 0 Å².